The van der Waals surface area contributed by atoms with Crippen LogP contribution in [0.4, 0.5) is 0 Å². The van der Waals surface area contributed by atoms with E-state index in [1.165, 1.54) is 0 Å². The van der Waals surface area contributed by atoms with Crippen molar-refractivity contribution in [1.82, 2.24) is 0 Å². The van der Waals surface area contributed by atoms with Gasteiger partial charge >= 0.3 is 0 Å². The predicted molar refractivity (Wildman–Crippen MR) is 70.6 cm³/mol. The molecule has 0 radical (unpaired) electrons. The van der Waals surface area contributed by atoms with Crippen LogP contribution in [-0.2, 0) is 6.42 Å². The van der Waals surface area contributed by atoms with Crippen molar-refractivity contribution in [2.24, 2.45) is 5.41 Å². The molecule has 0 atom stereocenters. The molecule has 2 aromatic rings. The van der Waals surface area contributed by atoms with Gasteiger partial charge in [-0.3, -0.25) is 4.79 Å². The van der Waals surface area contributed by atoms with Crippen LogP contribution < -0.4 is 0 Å². The number of ketones is 1. The molecular weight excluding hydrogens is 224 g/mol. The first-order chi connectivity index (χ1) is 8.55. The summed E-state index contributed by atoms with van der Waals surface area (Å²) in [6, 6.07) is 11.8. The normalized spacial score (nSPS) is 17.6. The molecule has 3 rings (SSSR count). The van der Waals surface area contributed by atoms with Crippen molar-refractivity contribution < 1.29 is 9.21 Å². The Morgan fingerprint density at radius 2 is 1.83 bits per heavy atom. The Bertz CT molecular complexity index is 591. The third-order valence-electron chi connectivity index (χ3n) is 3.45. The molecule has 0 fully saturated rings. The van der Waals surface area contributed by atoms with E-state index in [4.69, 9.17) is 4.42 Å². The number of rotatable bonds is 1. The van der Waals surface area contributed by atoms with E-state index in [1.807, 2.05) is 36.4 Å². The Morgan fingerprint density at radius 3 is 2.56 bits per heavy atom. The van der Waals surface area contributed by atoms with Gasteiger partial charge in [-0.1, -0.05) is 44.2 Å². The van der Waals surface area contributed by atoms with E-state index in [0.717, 1.165) is 29.1 Å². The van der Waals surface area contributed by atoms with Crippen molar-refractivity contribution in [3.8, 4) is 11.3 Å². The lowest BCUT2D eigenvalue weighted by Crippen LogP contribution is -2.25. The molecule has 1 aromatic heterocycles. The van der Waals surface area contributed by atoms with E-state index >= 15 is 0 Å². The minimum absolute atomic E-state index is 0.00982. The van der Waals surface area contributed by atoms with Crippen LogP contribution in [0, 0.1) is 5.41 Å². The summed E-state index contributed by atoms with van der Waals surface area (Å²) in [5.41, 5.74) is 1.81. The fourth-order valence-corrected chi connectivity index (χ4v) is 2.57. The highest BCUT2D eigenvalue weighted by molar-refractivity contribution is 5.99. The van der Waals surface area contributed by atoms with Gasteiger partial charge in [-0.25, -0.2) is 0 Å². The highest BCUT2D eigenvalue weighted by atomic mass is 16.3. The van der Waals surface area contributed by atoms with Crippen LogP contribution in [0.25, 0.3) is 11.3 Å². The van der Waals surface area contributed by atoms with Crippen molar-refractivity contribution >= 4 is 5.78 Å². The van der Waals surface area contributed by atoms with Crippen LogP contribution in [0.1, 0.15) is 36.4 Å². The van der Waals surface area contributed by atoms with E-state index in [2.05, 4.69) is 13.8 Å². The summed E-state index contributed by atoms with van der Waals surface area (Å²) in [7, 11) is 0. The maximum absolute atomic E-state index is 12.1. The van der Waals surface area contributed by atoms with Gasteiger partial charge < -0.3 is 4.42 Å². The first kappa shape index (κ1) is 11.3. The van der Waals surface area contributed by atoms with Gasteiger partial charge in [0.05, 0.1) is 5.56 Å². The summed E-state index contributed by atoms with van der Waals surface area (Å²) in [6.45, 7) is 4.22. The Morgan fingerprint density at radius 1 is 1.11 bits per heavy atom. The summed E-state index contributed by atoms with van der Waals surface area (Å²) < 4.78 is 5.88. The van der Waals surface area contributed by atoms with Gasteiger partial charge in [0.15, 0.2) is 5.78 Å². The summed E-state index contributed by atoms with van der Waals surface area (Å²) >= 11 is 0. The zero-order chi connectivity index (χ0) is 12.8. The lowest BCUT2D eigenvalue weighted by molar-refractivity contribution is 0.0904. The Balaban J connectivity index is 2.06. The largest absolute Gasteiger partial charge is 0.460 e. The van der Waals surface area contributed by atoms with E-state index in [0.29, 0.717) is 6.42 Å². The molecule has 1 heterocycles. The summed E-state index contributed by atoms with van der Waals surface area (Å²) in [5.74, 6) is 1.84. The molecular formula is C16H16O2. The van der Waals surface area contributed by atoms with Gasteiger partial charge in [-0.05, 0) is 11.5 Å². The monoisotopic (exact) mass is 240 g/mol. The summed E-state index contributed by atoms with van der Waals surface area (Å²) in [4.78, 5) is 12.1. The number of fused-ring (bicyclic) bond motifs is 1. The number of benzene rings is 1. The molecule has 0 amide bonds. The molecule has 2 nitrogen and oxygen atoms in total. The van der Waals surface area contributed by atoms with Crippen molar-refractivity contribution in [2.75, 3.05) is 0 Å². The topological polar surface area (TPSA) is 30.2 Å². The minimum atomic E-state index is 0.00982. The smallest absolute Gasteiger partial charge is 0.166 e. The Hall–Kier alpha value is -1.83. The molecule has 92 valence electrons. The van der Waals surface area contributed by atoms with E-state index in [9.17, 15) is 4.79 Å². The first-order valence-corrected chi connectivity index (χ1v) is 6.26. The summed E-state index contributed by atoms with van der Waals surface area (Å²) in [5, 5.41) is 0. The zero-order valence-electron chi connectivity index (χ0n) is 10.7. The predicted octanol–water partition coefficient (Wildman–Crippen LogP) is 4.10. The molecule has 0 saturated heterocycles. The number of Topliss-reactive ketones (excluding diaryl/α,β-unsaturated/α-hetero) is 1. The molecule has 2 heteroatoms. The highest BCUT2D eigenvalue weighted by Gasteiger charge is 2.33. The Labute approximate surface area is 107 Å². The molecule has 1 aliphatic rings. The molecule has 0 saturated carbocycles. The molecule has 0 N–H and O–H groups in total. The standard InChI is InChI=1S/C16H16O2/c1-16(2)9-13(17)12-8-14(18-15(12)10-16)11-6-4-3-5-7-11/h3-8H,9-10H2,1-2H3. The lowest BCUT2D eigenvalue weighted by Gasteiger charge is -2.26. The third kappa shape index (κ3) is 1.88. The van der Waals surface area contributed by atoms with Crippen LogP contribution in [0.5, 0.6) is 0 Å². The maximum Gasteiger partial charge on any atom is 0.166 e. The molecule has 1 aliphatic carbocycles. The number of hydrogen-bond acceptors (Lipinski definition) is 2. The van der Waals surface area contributed by atoms with Crippen LogP contribution in [0.3, 0.4) is 0 Å². The van der Waals surface area contributed by atoms with Crippen molar-refractivity contribution in [3.05, 3.63) is 47.7 Å². The molecule has 1 aromatic carbocycles. The summed E-state index contributed by atoms with van der Waals surface area (Å²) in [6.07, 6.45) is 1.44. The molecule has 0 bridgehead atoms. The van der Waals surface area contributed by atoms with Gasteiger partial charge in [0, 0.05) is 18.4 Å². The zero-order valence-corrected chi connectivity index (χ0v) is 10.7. The first-order valence-electron chi connectivity index (χ1n) is 6.26. The number of furan rings is 1. The maximum atomic E-state index is 12.1. The van der Waals surface area contributed by atoms with Crippen LogP contribution in [0.15, 0.2) is 40.8 Å². The molecule has 0 spiro atoms. The van der Waals surface area contributed by atoms with Crippen LogP contribution in [-0.4, -0.2) is 5.78 Å². The van der Waals surface area contributed by atoms with Gasteiger partial charge in [0.25, 0.3) is 0 Å². The van der Waals surface area contributed by atoms with E-state index in [1.54, 1.807) is 0 Å². The van der Waals surface area contributed by atoms with Crippen LogP contribution in [0.2, 0.25) is 0 Å². The van der Waals surface area contributed by atoms with Gasteiger partial charge in [-0.2, -0.15) is 0 Å². The quantitative estimate of drug-likeness (QED) is 0.751. The molecule has 0 unspecified atom stereocenters. The van der Waals surface area contributed by atoms with Crippen molar-refractivity contribution in [3.63, 3.8) is 0 Å². The minimum Gasteiger partial charge on any atom is -0.460 e. The second-order valence-electron chi connectivity index (χ2n) is 5.75. The van der Waals surface area contributed by atoms with Crippen molar-refractivity contribution in [1.29, 1.82) is 0 Å². The average molecular weight is 240 g/mol. The second kappa shape index (κ2) is 3.84. The van der Waals surface area contributed by atoms with Gasteiger partial charge in [0.2, 0.25) is 0 Å². The Kier molecular flexibility index (Phi) is 2.40. The van der Waals surface area contributed by atoms with Gasteiger partial charge in [0.1, 0.15) is 11.5 Å². The molecule has 0 aliphatic heterocycles. The van der Waals surface area contributed by atoms with Crippen LogP contribution >= 0.6 is 0 Å². The van der Waals surface area contributed by atoms with E-state index < -0.39 is 0 Å². The van der Waals surface area contributed by atoms with Gasteiger partial charge in [-0.15, -0.1) is 0 Å². The number of carbonyl (C=O) groups is 1. The van der Waals surface area contributed by atoms with E-state index in [-0.39, 0.29) is 11.2 Å². The third-order valence-corrected chi connectivity index (χ3v) is 3.45. The molecule has 18 heavy (non-hydrogen) atoms. The fraction of sp³-hybridized carbons (Fsp3) is 0.312. The number of carbonyl (C=O) groups excluding carboxylic acids is 1. The van der Waals surface area contributed by atoms with Crippen molar-refractivity contribution in [2.45, 2.75) is 26.7 Å². The fourth-order valence-electron chi connectivity index (χ4n) is 2.57. The highest BCUT2D eigenvalue weighted by Crippen LogP contribution is 2.38. The second-order valence-corrected chi connectivity index (χ2v) is 5.75. The SMILES string of the molecule is CC1(C)CC(=O)c2cc(-c3ccccc3)oc2C1. The lowest BCUT2D eigenvalue weighted by atomic mass is 9.77. The number of hydrogen-bond donors (Lipinski definition) is 0. The average Bonchev–Trinajstić information content (AvgIpc) is 2.72.